The minimum absolute atomic E-state index is 0.388. The fraction of sp³-hybridized carbons (Fsp3) is 0.545. The lowest BCUT2D eigenvalue weighted by Gasteiger charge is -2.18. The Morgan fingerprint density at radius 3 is 2.44 bits per heavy atom. The summed E-state index contributed by atoms with van der Waals surface area (Å²) in [6.07, 6.45) is 1.29. The molecule has 90 valence electrons. The molecule has 4 nitrogen and oxygen atoms in total. The Morgan fingerprint density at radius 1 is 1.31 bits per heavy atom. The number of pyridine rings is 1. The second-order valence-corrected chi connectivity index (χ2v) is 3.85. The molecule has 0 atom stereocenters. The number of halogens is 1. The third-order valence-electron chi connectivity index (χ3n) is 1.96. The first-order valence-corrected chi connectivity index (χ1v) is 5.94. The molecule has 16 heavy (non-hydrogen) atoms. The molecular formula is C11H16BrNO3. The maximum Gasteiger partial charge on any atom is 0.213 e. The summed E-state index contributed by atoms with van der Waals surface area (Å²) in [5.41, 5.74) is 0.885. The maximum absolute atomic E-state index is 5.51. The van der Waals surface area contributed by atoms with E-state index in [2.05, 4.69) is 20.9 Å². The highest BCUT2D eigenvalue weighted by Gasteiger charge is 2.16. The van der Waals surface area contributed by atoms with Crippen molar-refractivity contribution < 1.29 is 14.2 Å². The van der Waals surface area contributed by atoms with E-state index in [-0.39, 0.29) is 6.29 Å². The van der Waals surface area contributed by atoms with Gasteiger partial charge in [-0.15, -0.1) is 0 Å². The third kappa shape index (κ3) is 3.43. The zero-order chi connectivity index (χ0) is 12.0. The molecule has 0 N–H and O–H groups in total. The van der Waals surface area contributed by atoms with E-state index < -0.39 is 0 Å². The summed E-state index contributed by atoms with van der Waals surface area (Å²) in [7, 11) is 1.58. The summed E-state index contributed by atoms with van der Waals surface area (Å²) >= 11 is 3.42. The molecule has 0 saturated heterocycles. The quantitative estimate of drug-likeness (QED) is 0.755. The maximum atomic E-state index is 5.51. The first-order chi connectivity index (χ1) is 7.72. The lowest BCUT2D eigenvalue weighted by atomic mass is 10.2. The van der Waals surface area contributed by atoms with Gasteiger partial charge >= 0.3 is 0 Å². The summed E-state index contributed by atoms with van der Waals surface area (Å²) in [6, 6.07) is 1.81. The zero-order valence-electron chi connectivity index (χ0n) is 9.70. The van der Waals surface area contributed by atoms with E-state index in [4.69, 9.17) is 14.2 Å². The van der Waals surface area contributed by atoms with Gasteiger partial charge in [0.25, 0.3) is 0 Å². The number of methoxy groups -OCH3 is 1. The minimum atomic E-state index is -0.388. The second kappa shape index (κ2) is 6.83. The molecule has 0 saturated carbocycles. The fourth-order valence-electron chi connectivity index (χ4n) is 1.26. The molecule has 1 rings (SSSR count). The SMILES string of the molecule is CCOC(OCC)c1cc(OC)ncc1Br. The van der Waals surface area contributed by atoms with Crippen molar-refractivity contribution in [1.82, 2.24) is 4.98 Å². The van der Waals surface area contributed by atoms with Crippen LogP contribution in [-0.4, -0.2) is 25.3 Å². The number of hydrogen-bond acceptors (Lipinski definition) is 4. The molecule has 0 amide bonds. The van der Waals surface area contributed by atoms with Crippen LogP contribution in [0.3, 0.4) is 0 Å². The zero-order valence-corrected chi connectivity index (χ0v) is 11.3. The lowest BCUT2D eigenvalue weighted by molar-refractivity contribution is -0.140. The summed E-state index contributed by atoms with van der Waals surface area (Å²) < 4.78 is 16.9. The van der Waals surface area contributed by atoms with Crippen molar-refractivity contribution in [3.8, 4) is 5.88 Å². The van der Waals surface area contributed by atoms with Gasteiger partial charge in [-0.25, -0.2) is 4.98 Å². The van der Waals surface area contributed by atoms with Crippen LogP contribution in [0.5, 0.6) is 5.88 Å². The molecule has 0 unspecified atom stereocenters. The Hall–Kier alpha value is -0.650. The van der Waals surface area contributed by atoms with Gasteiger partial charge in [-0.3, -0.25) is 0 Å². The van der Waals surface area contributed by atoms with E-state index in [1.165, 1.54) is 0 Å². The Kier molecular flexibility index (Phi) is 5.73. The molecular weight excluding hydrogens is 274 g/mol. The standard InChI is InChI=1S/C11H16BrNO3/c1-4-15-11(16-5-2)8-6-10(14-3)13-7-9(8)12/h6-7,11H,4-5H2,1-3H3. The topological polar surface area (TPSA) is 40.6 Å². The number of aromatic nitrogens is 1. The van der Waals surface area contributed by atoms with Gasteiger partial charge in [0.2, 0.25) is 5.88 Å². The normalized spacial score (nSPS) is 10.8. The molecule has 1 heterocycles. The Labute approximate surface area is 104 Å². The van der Waals surface area contributed by atoms with E-state index in [0.29, 0.717) is 19.1 Å². The Bertz CT molecular complexity index is 327. The van der Waals surface area contributed by atoms with Gasteiger partial charge in [-0.2, -0.15) is 0 Å². The average Bonchev–Trinajstić information content (AvgIpc) is 2.29. The van der Waals surface area contributed by atoms with Crippen molar-refractivity contribution in [3.63, 3.8) is 0 Å². The highest BCUT2D eigenvalue weighted by atomic mass is 79.9. The van der Waals surface area contributed by atoms with Gasteiger partial charge in [-0.05, 0) is 29.8 Å². The van der Waals surface area contributed by atoms with Crippen LogP contribution >= 0.6 is 15.9 Å². The molecule has 1 aromatic heterocycles. The predicted octanol–water partition coefficient (Wildman–Crippen LogP) is 2.92. The molecule has 0 aromatic carbocycles. The summed E-state index contributed by atoms with van der Waals surface area (Å²) in [4.78, 5) is 4.08. The summed E-state index contributed by atoms with van der Waals surface area (Å²) in [5.74, 6) is 0.544. The average molecular weight is 290 g/mol. The van der Waals surface area contributed by atoms with Gasteiger partial charge in [-0.1, -0.05) is 0 Å². The number of nitrogens with zero attached hydrogens (tertiary/aromatic N) is 1. The minimum Gasteiger partial charge on any atom is -0.481 e. The highest BCUT2D eigenvalue weighted by Crippen LogP contribution is 2.28. The van der Waals surface area contributed by atoms with Crippen LogP contribution in [0, 0.1) is 0 Å². The number of ether oxygens (including phenoxy) is 3. The van der Waals surface area contributed by atoms with Crippen molar-refractivity contribution >= 4 is 15.9 Å². The van der Waals surface area contributed by atoms with E-state index in [1.807, 2.05) is 13.8 Å². The monoisotopic (exact) mass is 289 g/mol. The Morgan fingerprint density at radius 2 is 1.94 bits per heavy atom. The van der Waals surface area contributed by atoms with Crippen molar-refractivity contribution in [1.29, 1.82) is 0 Å². The molecule has 0 radical (unpaired) electrons. The second-order valence-electron chi connectivity index (χ2n) is 2.99. The van der Waals surface area contributed by atoms with Crippen LogP contribution in [-0.2, 0) is 9.47 Å². The third-order valence-corrected chi connectivity index (χ3v) is 2.62. The molecule has 0 aliphatic carbocycles. The molecule has 0 aliphatic rings. The molecule has 5 heteroatoms. The summed E-state index contributed by atoms with van der Waals surface area (Å²) in [5, 5.41) is 0. The first kappa shape index (κ1) is 13.4. The van der Waals surface area contributed by atoms with Crippen LogP contribution in [0.1, 0.15) is 25.7 Å². The smallest absolute Gasteiger partial charge is 0.213 e. The van der Waals surface area contributed by atoms with Crippen molar-refractivity contribution in [2.24, 2.45) is 0 Å². The van der Waals surface area contributed by atoms with Gasteiger partial charge in [0.15, 0.2) is 6.29 Å². The number of rotatable bonds is 6. The molecule has 0 fully saturated rings. The Balaban J connectivity index is 2.96. The van der Waals surface area contributed by atoms with Crippen LogP contribution in [0.25, 0.3) is 0 Å². The van der Waals surface area contributed by atoms with Gasteiger partial charge < -0.3 is 14.2 Å². The molecule has 1 aromatic rings. The molecule has 0 aliphatic heterocycles. The first-order valence-electron chi connectivity index (χ1n) is 5.15. The van der Waals surface area contributed by atoms with Crippen LogP contribution < -0.4 is 4.74 Å². The lowest BCUT2D eigenvalue weighted by Crippen LogP contribution is -2.10. The van der Waals surface area contributed by atoms with E-state index >= 15 is 0 Å². The van der Waals surface area contributed by atoms with Crippen LogP contribution in [0.4, 0.5) is 0 Å². The van der Waals surface area contributed by atoms with Crippen LogP contribution in [0.2, 0.25) is 0 Å². The number of hydrogen-bond donors (Lipinski definition) is 0. The highest BCUT2D eigenvalue weighted by molar-refractivity contribution is 9.10. The van der Waals surface area contributed by atoms with Gasteiger partial charge in [0, 0.05) is 35.5 Å². The van der Waals surface area contributed by atoms with Crippen LogP contribution in [0.15, 0.2) is 16.7 Å². The van der Waals surface area contributed by atoms with Crippen molar-refractivity contribution in [2.45, 2.75) is 20.1 Å². The molecule has 0 bridgehead atoms. The van der Waals surface area contributed by atoms with Gasteiger partial charge in [0.1, 0.15) is 0 Å². The van der Waals surface area contributed by atoms with Gasteiger partial charge in [0.05, 0.1) is 7.11 Å². The van der Waals surface area contributed by atoms with E-state index in [9.17, 15) is 0 Å². The van der Waals surface area contributed by atoms with Crippen molar-refractivity contribution in [2.75, 3.05) is 20.3 Å². The predicted molar refractivity (Wildman–Crippen MR) is 64.5 cm³/mol. The largest absolute Gasteiger partial charge is 0.481 e. The van der Waals surface area contributed by atoms with E-state index in [0.717, 1.165) is 10.0 Å². The molecule has 0 spiro atoms. The van der Waals surface area contributed by atoms with Crippen molar-refractivity contribution in [3.05, 3.63) is 22.3 Å². The van der Waals surface area contributed by atoms with E-state index in [1.54, 1.807) is 19.4 Å². The summed E-state index contributed by atoms with van der Waals surface area (Å²) in [6.45, 7) is 5.03. The fourth-order valence-corrected chi connectivity index (χ4v) is 1.66.